The van der Waals surface area contributed by atoms with E-state index in [2.05, 4.69) is 0 Å². The van der Waals surface area contributed by atoms with Crippen molar-refractivity contribution in [1.29, 1.82) is 0 Å². The van der Waals surface area contributed by atoms with Gasteiger partial charge in [0, 0.05) is 0 Å². The van der Waals surface area contributed by atoms with Gasteiger partial charge >= 0.3 is 0 Å². The Kier molecular flexibility index (Phi) is 8.13. The lowest BCUT2D eigenvalue weighted by Crippen LogP contribution is -1.89. The predicted molar refractivity (Wildman–Crippen MR) is 40.5 cm³/mol. The third-order valence-electron chi connectivity index (χ3n) is 0.362. The fraction of sp³-hybridized carbons (Fsp3) is 1.00. The van der Waals surface area contributed by atoms with Crippen molar-refractivity contribution in [3.05, 3.63) is 0 Å². The predicted octanol–water partition coefficient (Wildman–Crippen LogP) is 1.35. The van der Waals surface area contributed by atoms with Gasteiger partial charge in [-0.1, -0.05) is 0 Å². The van der Waals surface area contributed by atoms with Crippen LogP contribution in [-0.4, -0.2) is 24.7 Å². The summed E-state index contributed by atoms with van der Waals surface area (Å²) < 4.78 is 0. The minimum atomic E-state index is 0.866. The molecule has 0 N–H and O–H groups in total. The van der Waals surface area contributed by atoms with Gasteiger partial charge in [-0.05, 0) is 11.3 Å². The zero-order chi connectivity index (χ0) is 5.54. The zero-order valence-corrected chi connectivity index (χ0v) is 6.06. The Labute approximate surface area is 59.6 Å². The van der Waals surface area contributed by atoms with Gasteiger partial charge in [-0.25, -0.2) is 22.9 Å². The lowest BCUT2D eigenvalue weighted by Gasteiger charge is -1.86. The molecule has 2 radical (unpaired) electrons. The molecule has 0 aliphatic rings. The highest BCUT2D eigenvalue weighted by Gasteiger charge is 1.86. The van der Waals surface area contributed by atoms with Crippen LogP contribution in [0.15, 0.2) is 0 Å². The van der Waals surface area contributed by atoms with Crippen LogP contribution in [0.2, 0.25) is 0 Å². The lowest BCUT2D eigenvalue weighted by atomic mass is 10.2. The molecule has 5 heteroatoms. The second kappa shape index (κ2) is 7.06. The van der Waals surface area contributed by atoms with Crippen LogP contribution in [-0.2, 0) is 0 Å². The molecule has 0 saturated carbocycles. The molecule has 0 aromatic heterocycles. The molecule has 38 valence electrons. The first kappa shape index (κ1) is 8.06. The van der Waals surface area contributed by atoms with Gasteiger partial charge in [0.25, 0.3) is 0 Å². The summed E-state index contributed by atoms with van der Waals surface area (Å²) in [6.07, 6.45) is 0. The normalized spacial score (nSPS) is 8.29. The van der Waals surface area contributed by atoms with Gasteiger partial charge in [-0.3, -0.25) is 0 Å². The monoisotopic (exact) mass is 152 g/mol. The number of thioether (sulfide) groups is 1. The van der Waals surface area contributed by atoms with E-state index in [1.807, 2.05) is 0 Å². The smallest absolute Gasteiger partial charge is 0.203 e. The van der Waals surface area contributed by atoms with Crippen molar-refractivity contribution in [2.24, 2.45) is 0 Å². The Morgan fingerprint density at radius 3 is 1.86 bits per heavy atom. The van der Waals surface area contributed by atoms with Crippen LogP contribution in [0.4, 0.5) is 0 Å². The molecule has 0 nitrogen and oxygen atoms in total. The Morgan fingerprint density at radius 1 is 1.14 bits per heavy atom. The number of halogens is 2. The summed E-state index contributed by atoms with van der Waals surface area (Å²) >= 11 is 12.1. The molecule has 0 atom stereocenters. The van der Waals surface area contributed by atoms with Crippen LogP contribution < -0.4 is 0 Å². The molecule has 0 rings (SSSR count). The van der Waals surface area contributed by atoms with Crippen LogP contribution in [0.25, 0.3) is 0 Å². The zero-order valence-electron chi connectivity index (χ0n) is 3.73. The molecule has 0 aromatic carbocycles. The minimum absolute atomic E-state index is 0.866. The Hall–Kier alpha value is 1.06. The molecule has 0 bridgehead atoms. The maximum absolute atomic E-state index is 5.23. The van der Waals surface area contributed by atoms with Gasteiger partial charge in [0.1, 0.15) is 0 Å². The van der Waals surface area contributed by atoms with Crippen molar-refractivity contribution in [3.8, 4) is 0 Å². The number of rotatable bonds is 4. The Morgan fingerprint density at radius 2 is 1.57 bits per heavy atom. The third kappa shape index (κ3) is 7.06. The standard InChI is InChI=1S/C2H4B2Cl2S/c5-3-1-7-2-4-6/h1-2H2. The molecule has 7 heavy (non-hydrogen) atoms. The topological polar surface area (TPSA) is 0 Å². The summed E-state index contributed by atoms with van der Waals surface area (Å²) in [7, 11) is 0. The van der Waals surface area contributed by atoms with E-state index in [0.29, 0.717) is 0 Å². The van der Waals surface area contributed by atoms with Crippen molar-refractivity contribution in [2.45, 2.75) is 0 Å². The first-order valence-corrected chi connectivity index (χ1v) is 3.86. The second-order valence-corrected chi connectivity index (χ2v) is 2.54. The summed E-state index contributed by atoms with van der Waals surface area (Å²) in [6, 6.07) is 0. The SMILES string of the molecule is Cl[B]CSC[B]Cl. The van der Waals surface area contributed by atoms with E-state index in [-0.39, 0.29) is 0 Å². The van der Waals surface area contributed by atoms with Crippen LogP contribution in [0.3, 0.4) is 0 Å². The maximum atomic E-state index is 5.23. The minimum Gasteiger partial charge on any atom is -0.203 e. The summed E-state index contributed by atoms with van der Waals surface area (Å²) in [6.45, 7) is 3.18. The van der Waals surface area contributed by atoms with Crippen LogP contribution in [0.1, 0.15) is 0 Å². The largest absolute Gasteiger partial charge is 0.249 e. The van der Waals surface area contributed by atoms with Crippen LogP contribution in [0.5, 0.6) is 0 Å². The molecule has 0 spiro atoms. The van der Waals surface area contributed by atoms with E-state index in [1.54, 1.807) is 25.2 Å². The van der Waals surface area contributed by atoms with Crippen LogP contribution in [0, 0.1) is 0 Å². The molecule has 0 heterocycles. The molecule has 0 aliphatic heterocycles. The summed E-state index contributed by atoms with van der Waals surface area (Å²) in [5, 5.41) is 0. The highest BCUT2D eigenvalue weighted by molar-refractivity contribution is 8.02. The van der Waals surface area contributed by atoms with E-state index < -0.39 is 0 Å². The van der Waals surface area contributed by atoms with Gasteiger partial charge in [-0.15, -0.1) is 0 Å². The van der Waals surface area contributed by atoms with Crippen molar-refractivity contribution in [3.63, 3.8) is 0 Å². The number of hydrogen-bond donors (Lipinski definition) is 0. The first-order valence-electron chi connectivity index (χ1n) is 1.83. The third-order valence-corrected chi connectivity index (χ3v) is 1.84. The van der Waals surface area contributed by atoms with Crippen molar-refractivity contribution in [1.82, 2.24) is 0 Å². The van der Waals surface area contributed by atoms with Gasteiger partial charge in [0.2, 0.25) is 13.4 Å². The van der Waals surface area contributed by atoms with E-state index in [1.165, 1.54) is 0 Å². The summed E-state index contributed by atoms with van der Waals surface area (Å²) in [5.74, 6) is 0. The molecular weight excluding hydrogens is 149 g/mol. The molecule has 0 fully saturated rings. The fourth-order valence-corrected chi connectivity index (χ4v) is 1.01. The molecule has 0 amide bonds. The molecular formula is C2H4B2Cl2S. The molecule has 0 saturated heterocycles. The first-order chi connectivity index (χ1) is 3.41. The highest BCUT2D eigenvalue weighted by Crippen LogP contribution is 1.96. The van der Waals surface area contributed by atoms with E-state index in [0.717, 1.165) is 11.3 Å². The molecule has 0 aromatic rings. The van der Waals surface area contributed by atoms with Gasteiger partial charge in [0.05, 0.1) is 0 Å². The molecule has 0 aliphatic carbocycles. The van der Waals surface area contributed by atoms with E-state index in [9.17, 15) is 0 Å². The highest BCUT2D eigenvalue weighted by atomic mass is 35.5. The maximum Gasteiger partial charge on any atom is 0.249 e. The van der Waals surface area contributed by atoms with Crippen molar-refractivity contribution in [2.75, 3.05) is 11.3 Å². The van der Waals surface area contributed by atoms with Gasteiger partial charge < -0.3 is 0 Å². The average molecular weight is 153 g/mol. The average Bonchev–Trinajstić information content (AvgIpc) is 1.69. The molecule has 0 unspecified atom stereocenters. The Bertz CT molecular complexity index is 32.9. The van der Waals surface area contributed by atoms with E-state index in [4.69, 9.17) is 22.9 Å². The van der Waals surface area contributed by atoms with Crippen LogP contribution >= 0.6 is 34.7 Å². The Balaban J connectivity index is 2.45. The second-order valence-electron chi connectivity index (χ2n) is 0.846. The summed E-state index contributed by atoms with van der Waals surface area (Å²) in [4.78, 5) is 0. The fourth-order valence-electron chi connectivity index (χ4n) is 0.157. The quantitative estimate of drug-likeness (QED) is 0.433. The van der Waals surface area contributed by atoms with Gasteiger partial charge in [-0.2, -0.15) is 11.8 Å². The van der Waals surface area contributed by atoms with Gasteiger partial charge in [0.15, 0.2) is 0 Å². The number of hydrogen-bond acceptors (Lipinski definition) is 1. The van der Waals surface area contributed by atoms with Crippen molar-refractivity contribution >= 4 is 48.1 Å². The lowest BCUT2D eigenvalue weighted by molar-refractivity contribution is 2.10. The van der Waals surface area contributed by atoms with Crippen molar-refractivity contribution < 1.29 is 0 Å². The summed E-state index contributed by atoms with van der Waals surface area (Å²) in [5.41, 5.74) is 1.73. The van der Waals surface area contributed by atoms with E-state index >= 15 is 0 Å².